The highest BCUT2D eigenvalue weighted by molar-refractivity contribution is 9.10. The van der Waals surface area contributed by atoms with Crippen LogP contribution in [0.4, 0.5) is 14.6 Å². The number of hydrogen-bond donors (Lipinski definition) is 2. The molecule has 0 aliphatic rings. The summed E-state index contributed by atoms with van der Waals surface area (Å²) in [5.41, 5.74) is 0. The lowest BCUT2D eigenvalue weighted by molar-refractivity contribution is -0.0373. The third-order valence-corrected chi connectivity index (χ3v) is 1.92. The number of aliphatic hydroxyl groups is 1. The van der Waals surface area contributed by atoms with Crippen LogP contribution >= 0.6 is 15.9 Å². The molecule has 0 saturated heterocycles. The van der Waals surface area contributed by atoms with Crippen LogP contribution in [0.2, 0.25) is 0 Å². The van der Waals surface area contributed by atoms with Crippen LogP contribution in [-0.2, 0) is 0 Å². The molecule has 3 nitrogen and oxygen atoms in total. The van der Waals surface area contributed by atoms with Gasteiger partial charge in [0, 0.05) is 0 Å². The van der Waals surface area contributed by atoms with Gasteiger partial charge in [0.2, 0.25) is 0 Å². The van der Waals surface area contributed by atoms with E-state index in [1.165, 1.54) is 0 Å². The molecule has 1 aromatic rings. The molecule has 14 heavy (non-hydrogen) atoms. The van der Waals surface area contributed by atoms with Gasteiger partial charge in [-0.2, -0.15) is 0 Å². The van der Waals surface area contributed by atoms with Gasteiger partial charge in [-0.3, -0.25) is 0 Å². The zero-order valence-corrected chi connectivity index (χ0v) is 8.76. The lowest BCUT2D eigenvalue weighted by Gasteiger charge is -2.14. The summed E-state index contributed by atoms with van der Waals surface area (Å²) < 4.78 is 25.7. The first-order valence-corrected chi connectivity index (χ1v) is 4.68. The average molecular weight is 267 g/mol. The maximum atomic E-state index is 12.6. The third kappa shape index (κ3) is 3.55. The number of halogens is 3. The Morgan fingerprint density at radius 1 is 1.50 bits per heavy atom. The van der Waals surface area contributed by atoms with Gasteiger partial charge < -0.3 is 10.4 Å². The summed E-state index contributed by atoms with van der Waals surface area (Å²) in [7, 11) is 0. The van der Waals surface area contributed by atoms with E-state index in [9.17, 15) is 8.78 Å². The summed E-state index contributed by atoms with van der Waals surface area (Å²) in [4.78, 5) is 3.90. The topological polar surface area (TPSA) is 45.1 Å². The summed E-state index contributed by atoms with van der Waals surface area (Å²) in [5.74, 6) is -2.78. The Morgan fingerprint density at radius 2 is 2.21 bits per heavy atom. The fraction of sp³-hybridized carbons (Fsp3) is 0.375. The molecule has 1 heterocycles. The molecule has 6 heteroatoms. The second-order valence-electron chi connectivity index (χ2n) is 2.71. The van der Waals surface area contributed by atoms with Crippen molar-refractivity contribution in [3.05, 3.63) is 22.8 Å². The van der Waals surface area contributed by atoms with Gasteiger partial charge in [-0.05, 0) is 28.1 Å². The van der Waals surface area contributed by atoms with E-state index in [1.807, 2.05) is 0 Å². The number of pyridine rings is 1. The molecule has 0 aliphatic carbocycles. The van der Waals surface area contributed by atoms with E-state index in [0.717, 1.165) is 0 Å². The quantitative estimate of drug-likeness (QED) is 0.819. The van der Waals surface area contributed by atoms with Crippen LogP contribution in [0.5, 0.6) is 0 Å². The maximum absolute atomic E-state index is 12.6. The molecule has 1 aromatic heterocycles. The first-order valence-electron chi connectivity index (χ1n) is 3.89. The number of aromatic nitrogens is 1. The summed E-state index contributed by atoms with van der Waals surface area (Å²) in [6, 6.07) is 4.93. The first kappa shape index (κ1) is 11.3. The van der Waals surface area contributed by atoms with E-state index in [2.05, 4.69) is 26.2 Å². The van der Waals surface area contributed by atoms with Crippen LogP contribution in [-0.4, -0.2) is 29.2 Å². The molecule has 0 radical (unpaired) electrons. The fourth-order valence-corrected chi connectivity index (χ4v) is 1.13. The van der Waals surface area contributed by atoms with Crippen molar-refractivity contribution in [3.63, 3.8) is 0 Å². The van der Waals surface area contributed by atoms with Gasteiger partial charge in [-0.15, -0.1) is 0 Å². The fourth-order valence-electron chi connectivity index (χ4n) is 0.782. The zero-order valence-electron chi connectivity index (χ0n) is 7.17. The number of anilines is 1. The van der Waals surface area contributed by atoms with Crippen LogP contribution in [0.3, 0.4) is 0 Å². The number of nitrogens with one attached hydrogen (secondary N) is 1. The molecule has 0 aromatic carbocycles. The van der Waals surface area contributed by atoms with E-state index < -0.39 is 19.1 Å². The molecule has 78 valence electrons. The van der Waals surface area contributed by atoms with Gasteiger partial charge in [0.1, 0.15) is 17.0 Å². The van der Waals surface area contributed by atoms with Crippen molar-refractivity contribution in [2.75, 3.05) is 18.5 Å². The Bertz CT molecular complexity index is 309. The normalized spacial score (nSPS) is 11.4. The standard InChI is InChI=1S/C8H9BrF2N2O/c9-6-2-1-3-7(13-6)12-4-8(10,11)5-14/h1-3,14H,4-5H2,(H,12,13). The predicted molar refractivity (Wildman–Crippen MR) is 52.5 cm³/mol. The Hall–Kier alpha value is -0.750. The number of alkyl halides is 2. The molecule has 0 amide bonds. The Balaban J connectivity index is 2.54. The predicted octanol–water partition coefficient (Wildman–Crippen LogP) is 1.88. The van der Waals surface area contributed by atoms with E-state index in [1.54, 1.807) is 18.2 Å². The second kappa shape index (κ2) is 4.65. The highest BCUT2D eigenvalue weighted by atomic mass is 79.9. The molecule has 0 fully saturated rings. The van der Waals surface area contributed by atoms with Gasteiger partial charge in [-0.25, -0.2) is 13.8 Å². The largest absolute Gasteiger partial charge is 0.390 e. The van der Waals surface area contributed by atoms with Crippen LogP contribution in [0.15, 0.2) is 22.8 Å². The molecular formula is C8H9BrF2N2O. The average Bonchev–Trinajstić information content (AvgIpc) is 2.15. The molecular weight excluding hydrogens is 258 g/mol. The van der Waals surface area contributed by atoms with Crippen molar-refractivity contribution in [2.24, 2.45) is 0 Å². The Labute approximate surface area is 88.3 Å². The lowest BCUT2D eigenvalue weighted by atomic mass is 10.3. The van der Waals surface area contributed by atoms with Gasteiger partial charge in [0.25, 0.3) is 5.92 Å². The van der Waals surface area contributed by atoms with E-state index in [-0.39, 0.29) is 0 Å². The van der Waals surface area contributed by atoms with Crippen molar-refractivity contribution >= 4 is 21.7 Å². The van der Waals surface area contributed by atoms with Crippen LogP contribution in [0.25, 0.3) is 0 Å². The van der Waals surface area contributed by atoms with Crippen molar-refractivity contribution < 1.29 is 13.9 Å². The summed E-state index contributed by atoms with van der Waals surface area (Å²) in [6.07, 6.45) is 0. The summed E-state index contributed by atoms with van der Waals surface area (Å²) >= 11 is 3.11. The number of nitrogens with zero attached hydrogens (tertiary/aromatic N) is 1. The van der Waals surface area contributed by atoms with E-state index in [0.29, 0.717) is 10.4 Å². The van der Waals surface area contributed by atoms with Crippen LogP contribution in [0.1, 0.15) is 0 Å². The monoisotopic (exact) mass is 266 g/mol. The molecule has 0 aliphatic heterocycles. The van der Waals surface area contributed by atoms with Crippen molar-refractivity contribution in [1.29, 1.82) is 0 Å². The lowest BCUT2D eigenvalue weighted by Crippen LogP contribution is -2.31. The minimum absolute atomic E-state index is 0.340. The van der Waals surface area contributed by atoms with Crippen molar-refractivity contribution in [3.8, 4) is 0 Å². The summed E-state index contributed by atoms with van der Waals surface area (Å²) in [6.45, 7) is -1.80. The first-order chi connectivity index (χ1) is 6.53. The third-order valence-electron chi connectivity index (χ3n) is 1.47. The van der Waals surface area contributed by atoms with Crippen molar-refractivity contribution in [2.45, 2.75) is 5.92 Å². The number of rotatable bonds is 4. The molecule has 0 atom stereocenters. The minimum atomic E-state index is -3.12. The SMILES string of the molecule is OCC(F)(F)CNc1cccc(Br)n1. The molecule has 1 rings (SSSR count). The van der Waals surface area contributed by atoms with Crippen LogP contribution in [0, 0.1) is 0 Å². The Morgan fingerprint density at radius 3 is 2.79 bits per heavy atom. The van der Waals surface area contributed by atoms with E-state index in [4.69, 9.17) is 5.11 Å². The smallest absolute Gasteiger partial charge is 0.287 e. The summed E-state index contributed by atoms with van der Waals surface area (Å²) in [5, 5.41) is 10.7. The van der Waals surface area contributed by atoms with Gasteiger partial charge in [0.15, 0.2) is 0 Å². The Kier molecular flexibility index (Phi) is 3.77. The number of aliphatic hydroxyl groups excluding tert-OH is 1. The van der Waals surface area contributed by atoms with Crippen LogP contribution < -0.4 is 5.32 Å². The highest BCUT2D eigenvalue weighted by Crippen LogP contribution is 2.14. The molecule has 2 N–H and O–H groups in total. The van der Waals surface area contributed by atoms with Gasteiger partial charge in [0.05, 0.1) is 6.54 Å². The highest BCUT2D eigenvalue weighted by Gasteiger charge is 2.27. The number of hydrogen-bond acceptors (Lipinski definition) is 3. The molecule has 0 bridgehead atoms. The minimum Gasteiger partial charge on any atom is -0.390 e. The van der Waals surface area contributed by atoms with Gasteiger partial charge in [-0.1, -0.05) is 6.07 Å². The second-order valence-corrected chi connectivity index (χ2v) is 3.53. The van der Waals surface area contributed by atoms with Gasteiger partial charge >= 0.3 is 0 Å². The molecule has 0 spiro atoms. The van der Waals surface area contributed by atoms with E-state index >= 15 is 0 Å². The van der Waals surface area contributed by atoms with Crippen molar-refractivity contribution in [1.82, 2.24) is 4.98 Å². The maximum Gasteiger partial charge on any atom is 0.287 e. The molecule has 0 unspecified atom stereocenters. The molecule has 0 saturated carbocycles. The zero-order chi connectivity index (χ0) is 10.6.